The molecule has 0 bridgehead atoms. The average molecular weight is 392 g/mol. The summed E-state index contributed by atoms with van der Waals surface area (Å²) < 4.78 is 28.0. The number of hydrogen-bond donors (Lipinski definition) is 0. The SMILES string of the molecule is Cc1c(CCCOCc2ccc3c(c2)OCO3)oc2c1c(=O)oc1ccccc12. The summed E-state index contributed by atoms with van der Waals surface area (Å²) >= 11 is 0. The molecule has 0 atom stereocenters. The normalized spacial score (nSPS) is 12.9. The summed E-state index contributed by atoms with van der Waals surface area (Å²) in [7, 11) is 0. The fourth-order valence-corrected chi connectivity index (χ4v) is 3.68. The van der Waals surface area contributed by atoms with Gasteiger partial charge in [-0.25, -0.2) is 4.79 Å². The molecule has 0 spiro atoms. The molecular formula is C23H20O6. The average Bonchev–Trinajstić information content (AvgIpc) is 3.32. The number of ether oxygens (including phenoxy) is 3. The van der Waals surface area contributed by atoms with Crippen LogP contribution in [0.3, 0.4) is 0 Å². The number of fused-ring (bicyclic) bond motifs is 4. The Balaban J connectivity index is 1.25. The van der Waals surface area contributed by atoms with E-state index in [1.165, 1.54) is 0 Å². The highest BCUT2D eigenvalue weighted by Gasteiger charge is 2.18. The molecule has 29 heavy (non-hydrogen) atoms. The summed E-state index contributed by atoms with van der Waals surface area (Å²) in [6, 6.07) is 13.2. The minimum atomic E-state index is -0.356. The van der Waals surface area contributed by atoms with Crippen LogP contribution in [0.25, 0.3) is 21.9 Å². The van der Waals surface area contributed by atoms with Crippen LogP contribution in [0, 0.1) is 6.92 Å². The predicted molar refractivity (Wildman–Crippen MR) is 108 cm³/mol. The lowest BCUT2D eigenvalue weighted by Crippen LogP contribution is -2.00. The second-order valence-electron chi connectivity index (χ2n) is 7.08. The summed E-state index contributed by atoms with van der Waals surface area (Å²) in [6.07, 6.45) is 1.48. The van der Waals surface area contributed by atoms with Crippen LogP contribution < -0.4 is 15.1 Å². The van der Waals surface area contributed by atoms with Crippen LogP contribution in [0.4, 0.5) is 0 Å². The number of rotatable bonds is 6. The summed E-state index contributed by atoms with van der Waals surface area (Å²) in [5.41, 5.74) is 2.67. The highest BCUT2D eigenvalue weighted by Crippen LogP contribution is 2.33. The highest BCUT2D eigenvalue weighted by atomic mass is 16.7. The number of furan rings is 1. The van der Waals surface area contributed by atoms with Gasteiger partial charge >= 0.3 is 5.63 Å². The lowest BCUT2D eigenvalue weighted by molar-refractivity contribution is 0.117. The van der Waals surface area contributed by atoms with Crippen LogP contribution in [0.5, 0.6) is 11.5 Å². The molecule has 0 N–H and O–H groups in total. The van der Waals surface area contributed by atoms with E-state index in [0.717, 1.165) is 40.2 Å². The maximum Gasteiger partial charge on any atom is 0.347 e. The molecule has 5 rings (SSSR count). The number of para-hydroxylation sites is 1. The molecule has 0 saturated carbocycles. The van der Waals surface area contributed by atoms with Crippen molar-refractivity contribution >= 4 is 21.9 Å². The number of hydrogen-bond acceptors (Lipinski definition) is 6. The molecule has 0 unspecified atom stereocenters. The first-order chi connectivity index (χ1) is 14.2. The molecule has 6 heteroatoms. The first kappa shape index (κ1) is 17.8. The Morgan fingerprint density at radius 2 is 1.90 bits per heavy atom. The van der Waals surface area contributed by atoms with Crippen LogP contribution in [0.1, 0.15) is 23.3 Å². The molecule has 1 aliphatic heterocycles. The van der Waals surface area contributed by atoms with Gasteiger partial charge in [0.15, 0.2) is 17.1 Å². The van der Waals surface area contributed by atoms with Gasteiger partial charge in [0.2, 0.25) is 6.79 Å². The van der Waals surface area contributed by atoms with Gasteiger partial charge in [-0.05, 0) is 43.2 Å². The van der Waals surface area contributed by atoms with Gasteiger partial charge in [-0.3, -0.25) is 0 Å². The van der Waals surface area contributed by atoms with E-state index in [0.29, 0.717) is 36.2 Å². The molecule has 2 aromatic heterocycles. The number of aryl methyl sites for hydroxylation is 2. The fourth-order valence-electron chi connectivity index (χ4n) is 3.68. The van der Waals surface area contributed by atoms with E-state index in [1.807, 2.05) is 43.3 Å². The maximum atomic E-state index is 12.4. The third kappa shape index (κ3) is 3.25. The third-order valence-electron chi connectivity index (χ3n) is 5.18. The van der Waals surface area contributed by atoms with Gasteiger partial charge in [-0.15, -0.1) is 0 Å². The first-order valence-electron chi connectivity index (χ1n) is 9.61. The van der Waals surface area contributed by atoms with Crippen LogP contribution in [-0.4, -0.2) is 13.4 Å². The van der Waals surface area contributed by atoms with E-state index in [9.17, 15) is 4.79 Å². The lowest BCUT2D eigenvalue weighted by Gasteiger charge is -2.05. The lowest BCUT2D eigenvalue weighted by atomic mass is 10.1. The smallest absolute Gasteiger partial charge is 0.347 e. The minimum absolute atomic E-state index is 0.268. The highest BCUT2D eigenvalue weighted by molar-refractivity contribution is 6.02. The van der Waals surface area contributed by atoms with Crippen molar-refractivity contribution in [2.75, 3.05) is 13.4 Å². The Bertz CT molecular complexity index is 1250. The molecule has 2 aromatic carbocycles. The van der Waals surface area contributed by atoms with E-state index >= 15 is 0 Å². The van der Waals surface area contributed by atoms with Gasteiger partial charge in [0.05, 0.1) is 12.0 Å². The minimum Gasteiger partial charge on any atom is -0.460 e. The maximum absolute atomic E-state index is 12.4. The van der Waals surface area contributed by atoms with Crippen molar-refractivity contribution in [3.8, 4) is 11.5 Å². The first-order valence-corrected chi connectivity index (χ1v) is 9.61. The molecule has 148 valence electrons. The Hall–Kier alpha value is -3.25. The Labute approximate surface area is 166 Å². The molecule has 6 nitrogen and oxygen atoms in total. The zero-order valence-corrected chi connectivity index (χ0v) is 16.0. The zero-order valence-electron chi connectivity index (χ0n) is 16.0. The van der Waals surface area contributed by atoms with Crippen LogP contribution in [0.15, 0.2) is 56.1 Å². The van der Waals surface area contributed by atoms with Crippen molar-refractivity contribution in [2.45, 2.75) is 26.4 Å². The molecular weight excluding hydrogens is 372 g/mol. The molecule has 1 aliphatic rings. The van der Waals surface area contributed by atoms with Crippen LogP contribution in [-0.2, 0) is 17.8 Å². The van der Waals surface area contributed by atoms with Crippen molar-refractivity contribution < 1.29 is 23.0 Å². The van der Waals surface area contributed by atoms with E-state index in [4.69, 9.17) is 23.0 Å². The molecule has 0 aliphatic carbocycles. The fraction of sp³-hybridized carbons (Fsp3) is 0.261. The van der Waals surface area contributed by atoms with Crippen LogP contribution in [0.2, 0.25) is 0 Å². The summed E-state index contributed by atoms with van der Waals surface area (Å²) in [6.45, 7) is 3.26. The quantitative estimate of drug-likeness (QED) is 0.349. The van der Waals surface area contributed by atoms with Gasteiger partial charge in [0.25, 0.3) is 0 Å². The van der Waals surface area contributed by atoms with Gasteiger partial charge in [-0.2, -0.15) is 0 Å². The van der Waals surface area contributed by atoms with Gasteiger partial charge in [0.1, 0.15) is 16.7 Å². The second-order valence-corrected chi connectivity index (χ2v) is 7.08. The zero-order chi connectivity index (χ0) is 19.8. The largest absolute Gasteiger partial charge is 0.460 e. The van der Waals surface area contributed by atoms with Crippen LogP contribution >= 0.6 is 0 Å². The van der Waals surface area contributed by atoms with Gasteiger partial charge in [0, 0.05) is 18.6 Å². The second kappa shape index (κ2) is 7.29. The van der Waals surface area contributed by atoms with Crippen molar-refractivity contribution in [3.05, 3.63) is 69.8 Å². The predicted octanol–water partition coefficient (Wildman–Crippen LogP) is 4.73. The molecule has 4 aromatic rings. The third-order valence-corrected chi connectivity index (χ3v) is 5.18. The van der Waals surface area contributed by atoms with Crippen molar-refractivity contribution in [2.24, 2.45) is 0 Å². The topological polar surface area (TPSA) is 71.0 Å². The van der Waals surface area contributed by atoms with E-state index < -0.39 is 0 Å². The van der Waals surface area contributed by atoms with Crippen molar-refractivity contribution in [1.29, 1.82) is 0 Å². The summed E-state index contributed by atoms with van der Waals surface area (Å²) in [5.74, 6) is 2.33. The monoisotopic (exact) mass is 392 g/mol. The molecule has 0 fully saturated rings. The van der Waals surface area contributed by atoms with Crippen molar-refractivity contribution in [3.63, 3.8) is 0 Å². The Kier molecular flexibility index (Phi) is 4.48. The summed E-state index contributed by atoms with van der Waals surface area (Å²) in [4.78, 5) is 12.4. The van der Waals surface area contributed by atoms with Gasteiger partial charge in [-0.1, -0.05) is 18.2 Å². The molecule has 0 saturated heterocycles. The van der Waals surface area contributed by atoms with Gasteiger partial charge < -0.3 is 23.0 Å². The molecule has 0 amide bonds. The standard InChI is InChI=1S/C23H20O6/c1-14-17(28-22-16-5-2-3-6-18(16)29-23(24)21(14)22)7-4-10-25-12-15-8-9-19-20(11-15)27-13-26-19/h2-3,5-6,8-9,11H,4,7,10,12-13H2,1H3. The molecule has 0 radical (unpaired) electrons. The number of benzene rings is 2. The molecule has 3 heterocycles. The Morgan fingerprint density at radius 3 is 2.83 bits per heavy atom. The van der Waals surface area contributed by atoms with E-state index in [2.05, 4.69) is 0 Å². The van der Waals surface area contributed by atoms with Crippen molar-refractivity contribution in [1.82, 2.24) is 0 Å². The Morgan fingerprint density at radius 1 is 1.03 bits per heavy atom. The van der Waals surface area contributed by atoms with E-state index in [-0.39, 0.29) is 12.4 Å². The van der Waals surface area contributed by atoms with E-state index in [1.54, 1.807) is 6.07 Å². The summed E-state index contributed by atoms with van der Waals surface area (Å²) in [5, 5.41) is 1.34.